The number of terminal acetylenes is 1. The van der Waals surface area contributed by atoms with Crippen molar-refractivity contribution in [3.63, 3.8) is 0 Å². The van der Waals surface area contributed by atoms with Gasteiger partial charge in [0.25, 0.3) is 0 Å². The molecule has 0 aromatic heterocycles. The van der Waals surface area contributed by atoms with Gasteiger partial charge in [0.1, 0.15) is 0 Å². The summed E-state index contributed by atoms with van der Waals surface area (Å²) in [5.41, 5.74) is 1.92. The van der Waals surface area contributed by atoms with Gasteiger partial charge in [0.2, 0.25) is 0 Å². The molecule has 1 aliphatic rings. The van der Waals surface area contributed by atoms with Crippen molar-refractivity contribution in [2.75, 3.05) is 25.5 Å². The summed E-state index contributed by atoms with van der Waals surface area (Å²) < 4.78 is 4.95. The van der Waals surface area contributed by atoms with E-state index in [1.165, 1.54) is 13.5 Å². The number of para-hydroxylation sites is 1. The molecule has 0 spiro atoms. The van der Waals surface area contributed by atoms with Gasteiger partial charge in [-0.3, -0.25) is 4.90 Å². The number of rotatable bonds is 5. The molecule has 0 radical (unpaired) electrons. The van der Waals surface area contributed by atoms with Crippen LogP contribution in [0.5, 0.6) is 0 Å². The number of methoxy groups -OCH3 is 1. The van der Waals surface area contributed by atoms with Crippen LogP contribution in [0.25, 0.3) is 0 Å². The lowest BCUT2D eigenvalue weighted by Gasteiger charge is -2.33. The van der Waals surface area contributed by atoms with Gasteiger partial charge in [-0.25, -0.2) is 4.79 Å². The average Bonchev–Trinajstić information content (AvgIpc) is 2.54. The molecule has 112 valence electrons. The van der Waals surface area contributed by atoms with Crippen LogP contribution in [-0.4, -0.2) is 37.2 Å². The van der Waals surface area contributed by atoms with Gasteiger partial charge in [0.15, 0.2) is 6.17 Å². The molecule has 21 heavy (non-hydrogen) atoms. The van der Waals surface area contributed by atoms with Gasteiger partial charge in [0, 0.05) is 25.2 Å². The zero-order valence-corrected chi connectivity index (χ0v) is 12.5. The van der Waals surface area contributed by atoms with Crippen molar-refractivity contribution in [3.05, 3.63) is 29.8 Å². The second-order valence-corrected chi connectivity index (χ2v) is 5.20. The Labute approximate surface area is 126 Å². The Kier molecular flexibility index (Phi) is 5.65. The number of piperidine rings is 1. The molecule has 4 heteroatoms. The highest BCUT2D eigenvalue weighted by atomic mass is 16.5. The zero-order chi connectivity index (χ0) is 15.1. The number of benzene rings is 1. The molecule has 1 heterocycles. The highest BCUT2D eigenvalue weighted by Crippen LogP contribution is 2.20. The molecule has 1 saturated heterocycles. The smallest absolute Gasteiger partial charge is 0.343 e. The second-order valence-electron chi connectivity index (χ2n) is 5.20. The number of carbonyl (C=O) groups excluding carboxylic acids is 1. The minimum atomic E-state index is -0.450. The first-order valence-corrected chi connectivity index (χ1v) is 7.36. The standard InChI is InChI=1S/C17H22N2O2/c1-3-9-14-10-5-6-11-15(14)18-16(17(20)21-2)19-12-7-4-8-13-19/h1,5-6,10-11,16,18H,4,7-9,12-13H2,2H3. The zero-order valence-electron chi connectivity index (χ0n) is 12.5. The van der Waals surface area contributed by atoms with Crippen molar-refractivity contribution in [1.29, 1.82) is 0 Å². The Morgan fingerprint density at radius 2 is 2.10 bits per heavy atom. The highest BCUT2D eigenvalue weighted by molar-refractivity contribution is 5.79. The summed E-state index contributed by atoms with van der Waals surface area (Å²) >= 11 is 0. The summed E-state index contributed by atoms with van der Waals surface area (Å²) in [5, 5.41) is 3.31. The maximum Gasteiger partial charge on any atom is 0.343 e. The average molecular weight is 286 g/mol. The molecule has 2 rings (SSSR count). The third-order valence-corrected chi connectivity index (χ3v) is 3.78. The van der Waals surface area contributed by atoms with Crippen LogP contribution in [-0.2, 0) is 16.0 Å². The predicted molar refractivity (Wildman–Crippen MR) is 83.8 cm³/mol. The molecule has 1 atom stereocenters. The van der Waals surface area contributed by atoms with Crippen LogP contribution in [0.15, 0.2) is 24.3 Å². The van der Waals surface area contributed by atoms with E-state index in [4.69, 9.17) is 11.2 Å². The van der Waals surface area contributed by atoms with Crippen LogP contribution < -0.4 is 5.32 Å². The third kappa shape index (κ3) is 3.99. The lowest BCUT2D eigenvalue weighted by atomic mass is 10.1. The fraction of sp³-hybridized carbons (Fsp3) is 0.471. The largest absolute Gasteiger partial charge is 0.466 e. The Hall–Kier alpha value is -1.99. The van der Waals surface area contributed by atoms with Crippen molar-refractivity contribution < 1.29 is 9.53 Å². The first-order valence-electron chi connectivity index (χ1n) is 7.36. The van der Waals surface area contributed by atoms with Gasteiger partial charge in [-0.2, -0.15) is 0 Å². The Bertz CT molecular complexity index is 516. The fourth-order valence-electron chi connectivity index (χ4n) is 2.66. The molecule has 1 unspecified atom stereocenters. The first-order chi connectivity index (χ1) is 10.3. The molecule has 1 N–H and O–H groups in total. The van der Waals surface area contributed by atoms with Gasteiger partial charge in [-0.05, 0) is 24.5 Å². The number of nitrogens with zero attached hydrogens (tertiary/aromatic N) is 1. The normalized spacial score (nSPS) is 16.8. The molecular weight excluding hydrogens is 264 g/mol. The van der Waals surface area contributed by atoms with Crippen molar-refractivity contribution in [2.24, 2.45) is 0 Å². The number of hydrogen-bond acceptors (Lipinski definition) is 4. The van der Waals surface area contributed by atoms with Crippen LogP contribution in [0.3, 0.4) is 0 Å². The first kappa shape index (κ1) is 15.4. The minimum absolute atomic E-state index is 0.257. The van der Waals surface area contributed by atoms with E-state index in [0.717, 1.165) is 37.2 Å². The topological polar surface area (TPSA) is 41.6 Å². The molecule has 1 aromatic rings. The number of anilines is 1. The van der Waals surface area contributed by atoms with Gasteiger partial charge in [-0.15, -0.1) is 12.3 Å². The summed E-state index contributed by atoms with van der Waals surface area (Å²) in [6.07, 6.45) is 8.94. The lowest BCUT2D eigenvalue weighted by molar-refractivity contribution is -0.146. The number of ether oxygens (including phenoxy) is 1. The lowest BCUT2D eigenvalue weighted by Crippen LogP contribution is -2.49. The molecule has 1 aliphatic heterocycles. The SMILES string of the molecule is C#CCc1ccccc1NC(C(=O)OC)N1CCCCC1. The number of likely N-dealkylation sites (tertiary alicyclic amines) is 1. The third-order valence-electron chi connectivity index (χ3n) is 3.78. The van der Waals surface area contributed by atoms with E-state index in [2.05, 4.69) is 16.1 Å². The molecular formula is C17H22N2O2. The van der Waals surface area contributed by atoms with E-state index in [9.17, 15) is 4.79 Å². The number of hydrogen-bond donors (Lipinski definition) is 1. The van der Waals surface area contributed by atoms with Crippen LogP contribution in [0.2, 0.25) is 0 Å². The van der Waals surface area contributed by atoms with Crippen molar-refractivity contribution in [2.45, 2.75) is 31.8 Å². The van der Waals surface area contributed by atoms with E-state index in [1.54, 1.807) is 0 Å². The molecule has 0 aliphatic carbocycles. The summed E-state index contributed by atoms with van der Waals surface area (Å²) in [6.45, 7) is 1.81. The van der Waals surface area contributed by atoms with E-state index in [-0.39, 0.29) is 5.97 Å². The summed E-state index contributed by atoms with van der Waals surface area (Å²) in [4.78, 5) is 14.3. The van der Waals surface area contributed by atoms with E-state index >= 15 is 0 Å². The van der Waals surface area contributed by atoms with E-state index in [1.807, 2.05) is 24.3 Å². The molecule has 0 bridgehead atoms. The van der Waals surface area contributed by atoms with Crippen LogP contribution in [0.1, 0.15) is 24.8 Å². The van der Waals surface area contributed by atoms with Gasteiger partial charge in [0.05, 0.1) is 7.11 Å². The van der Waals surface area contributed by atoms with Crippen LogP contribution in [0.4, 0.5) is 5.69 Å². The van der Waals surface area contributed by atoms with Crippen LogP contribution in [0, 0.1) is 12.3 Å². The van der Waals surface area contributed by atoms with Crippen molar-refractivity contribution >= 4 is 11.7 Å². The summed E-state index contributed by atoms with van der Waals surface area (Å²) in [7, 11) is 1.42. The minimum Gasteiger partial charge on any atom is -0.466 e. The quantitative estimate of drug-likeness (QED) is 0.666. The van der Waals surface area contributed by atoms with Gasteiger partial charge in [-0.1, -0.05) is 24.6 Å². The van der Waals surface area contributed by atoms with Crippen molar-refractivity contribution in [3.8, 4) is 12.3 Å². The molecule has 0 saturated carbocycles. The van der Waals surface area contributed by atoms with E-state index < -0.39 is 6.17 Å². The number of esters is 1. The summed E-state index contributed by atoms with van der Waals surface area (Å²) in [5.74, 6) is 2.39. The molecule has 0 amide bonds. The highest BCUT2D eigenvalue weighted by Gasteiger charge is 2.28. The number of nitrogens with one attached hydrogen (secondary N) is 1. The Balaban J connectivity index is 2.18. The monoisotopic (exact) mass is 286 g/mol. The number of carbonyl (C=O) groups is 1. The molecule has 4 nitrogen and oxygen atoms in total. The second kappa shape index (κ2) is 7.70. The van der Waals surface area contributed by atoms with Crippen molar-refractivity contribution in [1.82, 2.24) is 4.90 Å². The van der Waals surface area contributed by atoms with E-state index in [0.29, 0.717) is 6.42 Å². The van der Waals surface area contributed by atoms with Gasteiger partial charge < -0.3 is 10.1 Å². The van der Waals surface area contributed by atoms with Gasteiger partial charge >= 0.3 is 5.97 Å². The molecule has 1 fully saturated rings. The Morgan fingerprint density at radius 3 is 2.76 bits per heavy atom. The molecule has 1 aromatic carbocycles. The summed E-state index contributed by atoms with van der Waals surface area (Å²) in [6, 6.07) is 7.82. The maximum absolute atomic E-state index is 12.1. The van der Waals surface area contributed by atoms with Crippen LogP contribution >= 0.6 is 0 Å². The maximum atomic E-state index is 12.1. The Morgan fingerprint density at radius 1 is 1.38 bits per heavy atom. The fourth-order valence-corrected chi connectivity index (χ4v) is 2.66. The predicted octanol–water partition coefficient (Wildman–Crippen LogP) is 2.26.